The molecule has 0 atom stereocenters. The number of nitrogen functional groups attached to an aromatic ring is 1. The first kappa shape index (κ1) is 15.9. The number of anilines is 1. The van der Waals surface area contributed by atoms with Gasteiger partial charge in [0.2, 0.25) is 0 Å². The Morgan fingerprint density at radius 2 is 1.90 bits per heavy atom. The quantitative estimate of drug-likeness (QED) is 0.630. The van der Waals surface area contributed by atoms with E-state index in [9.17, 15) is 4.79 Å². The van der Waals surface area contributed by atoms with Crippen LogP contribution in [0.15, 0.2) is 46.9 Å². The molecule has 0 aliphatic rings. The lowest BCUT2D eigenvalue weighted by Crippen LogP contribution is -2.06. The summed E-state index contributed by atoms with van der Waals surface area (Å²) in [7, 11) is 0. The number of nitrogens with two attached hydrogens (primary N) is 1. The summed E-state index contributed by atoms with van der Waals surface area (Å²) >= 11 is 9.40. The van der Waals surface area contributed by atoms with Gasteiger partial charge >= 0.3 is 5.97 Å². The fraction of sp³-hybridized carbons (Fsp3) is 0.188. The number of rotatable bonds is 5. The van der Waals surface area contributed by atoms with Crippen LogP contribution in [0.3, 0.4) is 0 Å². The van der Waals surface area contributed by atoms with Gasteiger partial charge in [-0.05, 0) is 36.2 Å². The topological polar surface area (TPSA) is 52.3 Å². The van der Waals surface area contributed by atoms with Crippen LogP contribution in [-0.2, 0) is 22.6 Å². The molecule has 3 nitrogen and oxygen atoms in total. The van der Waals surface area contributed by atoms with E-state index in [1.54, 1.807) is 6.07 Å². The number of hydrogen-bond acceptors (Lipinski definition) is 3. The van der Waals surface area contributed by atoms with Crippen LogP contribution in [-0.4, -0.2) is 5.97 Å². The molecule has 0 aliphatic carbocycles. The van der Waals surface area contributed by atoms with Crippen molar-refractivity contribution in [3.8, 4) is 0 Å². The van der Waals surface area contributed by atoms with Crippen molar-refractivity contribution < 1.29 is 9.53 Å². The van der Waals surface area contributed by atoms with Gasteiger partial charge in [-0.15, -0.1) is 0 Å². The van der Waals surface area contributed by atoms with Gasteiger partial charge in [0, 0.05) is 27.2 Å². The summed E-state index contributed by atoms with van der Waals surface area (Å²) in [4.78, 5) is 11.7. The third-order valence-electron chi connectivity index (χ3n) is 3.00. The Morgan fingerprint density at radius 3 is 2.57 bits per heavy atom. The van der Waals surface area contributed by atoms with Crippen LogP contribution in [0.2, 0.25) is 5.02 Å². The van der Waals surface area contributed by atoms with E-state index in [0.717, 1.165) is 15.6 Å². The van der Waals surface area contributed by atoms with Crippen LogP contribution >= 0.6 is 27.5 Å². The van der Waals surface area contributed by atoms with Crippen molar-refractivity contribution in [1.82, 2.24) is 0 Å². The summed E-state index contributed by atoms with van der Waals surface area (Å²) in [5.74, 6) is -0.245. The molecule has 2 N–H and O–H groups in total. The Kier molecular flexibility index (Phi) is 5.65. The molecule has 110 valence electrons. The zero-order valence-electron chi connectivity index (χ0n) is 11.3. The molecule has 2 aromatic rings. The second-order valence-corrected chi connectivity index (χ2v) is 5.96. The van der Waals surface area contributed by atoms with Crippen molar-refractivity contribution in [1.29, 1.82) is 0 Å². The lowest BCUT2D eigenvalue weighted by Gasteiger charge is -2.07. The van der Waals surface area contributed by atoms with E-state index >= 15 is 0 Å². The molecule has 0 amide bonds. The van der Waals surface area contributed by atoms with Gasteiger partial charge in [-0.1, -0.05) is 45.7 Å². The SMILES string of the molecule is Nc1ccc(CCC(=O)OCc2ccc(Br)cc2Cl)cc1. The lowest BCUT2D eigenvalue weighted by atomic mass is 10.1. The molecule has 0 saturated heterocycles. The highest BCUT2D eigenvalue weighted by Gasteiger charge is 2.07. The Bertz CT molecular complexity index is 629. The van der Waals surface area contributed by atoms with Gasteiger partial charge in [-0.3, -0.25) is 4.79 Å². The van der Waals surface area contributed by atoms with Crippen molar-refractivity contribution in [3.05, 3.63) is 63.1 Å². The Hall–Kier alpha value is -1.52. The Labute approximate surface area is 137 Å². The number of benzene rings is 2. The van der Waals surface area contributed by atoms with Gasteiger partial charge in [-0.25, -0.2) is 0 Å². The van der Waals surface area contributed by atoms with E-state index in [2.05, 4.69) is 15.9 Å². The minimum atomic E-state index is -0.245. The fourth-order valence-corrected chi connectivity index (χ4v) is 2.53. The number of hydrogen-bond donors (Lipinski definition) is 1. The molecule has 0 aliphatic heterocycles. The second-order valence-electron chi connectivity index (χ2n) is 4.64. The first-order valence-corrected chi connectivity index (χ1v) is 7.65. The number of esters is 1. The van der Waals surface area contributed by atoms with E-state index in [1.165, 1.54) is 0 Å². The third kappa shape index (κ3) is 5.06. The average Bonchev–Trinajstić information content (AvgIpc) is 2.46. The van der Waals surface area contributed by atoms with Crippen molar-refractivity contribution in [3.63, 3.8) is 0 Å². The molecule has 2 aromatic carbocycles. The Morgan fingerprint density at radius 1 is 1.19 bits per heavy atom. The van der Waals surface area contributed by atoms with E-state index in [-0.39, 0.29) is 12.6 Å². The maximum absolute atomic E-state index is 11.7. The van der Waals surface area contributed by atoms with E-state index in [1.807, 2.05) is 36.4 Å². The molecule has 0 fully saturated rings. The van der Waals surface area contributed by atoms with Crippen LogP contribution < -0.4 is 5.73 Å². The summed E-state index contributed by atoms with van der Waals surface area (Å²) in [6, 6.07) is 12.9. The van der Waals surface area contributed by atoms with Gasteiger partial charge in [0.25, 0.3) is 0 Å². The highest BCUT2D eigenvalue weighted by atomic mass is 79.9. The highest BCUT2D eigenvalue weighted by molar-refractivity contribution is 9.10. The number of carbonyl (C=O) groups is 1. The van der Waals surface area contributed by atoms with Crippen LogP contribution in [0.4, 0.5) is 5.69 Å². The summed E-state index contributed by atoms with van der Waals surface area (Å²) < 4.78 is 6.13. The summed E-state index contributed by atoms with van der Waals surface area (Å²) in [6.07, 6.45) is 0.964. The highest BCUT2D eigenvalue weighted by Crippen LogP contribution is 2.22. The molecular weight excluding hydrogens is 354 g/mol. The zero-order valence-corrected chi connectivity index (χ0v) is 13.7. The van der Waals surface area contributed by atoms with Crippen molar-refractivity contribution in [2.75, 3.05) is 5.73 Å². The number of aryl methyl sites for hydroxylation is 1. The van der Waals surface area contributed by atoms with Gasteiger partial charge in [0.15, 0.2) is 0 Å². The lowest BCUT2D eigenvalue weighted by molar-refractivity contribution is -0.144. The van der Waals surface area contributed by atoms with Gasteiger partial charge in [0.05, 0.1) is 0 Å². The summed E-state index contributed by atoms with van der Waals surface area (Å²) in [6.45, 7) is 0.187. The molecule has 0 radical (unpaired) electrons. The minimum absolute atomic E-state index is 0.187. The van der Waals surface area contributed by atoms with Crippen LogP contribution in [0.5, 0.6) is 0 Å². The third-order valence-corrected chi connectivity index (χ3v) is 3.85. The molecule has 0 unspecified atom stereocenters. The molecule has 2 rings (SSSR count). The predicted octanol–water partition coefficient (Wildman–Crippen LogP) is 4.36. The molecular formula is C16H15BrClNO2. The molecule has 0 heterocycles. The first-order chi connectivity index (χ1) is 10.0. The maximum Gasteiger partial charge on any atom is 0.306 e. The standard InChI is InChI=1S/C16H15BrClNO2/c17-13-5-4-12(15(18)9-13)10-21-16(20)8-3-11-1-6-14(19)7-2-11/h1-2,4-7,9H,3,8,10,19H2. The van der Waals surface area contributed by atoms with Crippen molar-refractivity contribution in [2.24, 2.45) is 0 Å². The predicted molar refractivity (Wildman–Crippen MR) is 88.1 cm³/mol. The molecule has 0 saturated carbocycles. The van der Waals surface area contributed by atoms with Crippen molar-refractivity contribution in [2.45, 2.75) is 19.4 Å². The van der Waals surface area contributed by atoms with Gasteiger partial charge in [0.1, 0.15) is 6.61 Å². The normalized spacial score (nSPS) is 10.4. The Balaban J connectivity index is 1.80. The summed E-state index contributed by atoms with van der Waals surface area (Å²) in [5.41, 5.74) is 8.18. The number of carbonyl (C=O) groups excluding carboxylic acids is 1. The second kappa shape index (κ2) is 7.48. The first-order valence-electron chi connectivity index (χ1n) is 6.48. The summed E-state index contributed by atoms with van der Waals surface area (Å²) in [5, 5.41) is 0.579. The van der Waals surface area contributed by atoms with E-state index in [0.29, 0.717) is 23.6 Å². The zero-order chi connectivity index (χ0) is 15.2. The fourth-order valence-electron chi connectivity index (χ4n) is 1.80. The molecule has 0 aromatic heterocycles. The van der Waals surface area contributed by atoms with Crippen LogP contribution in [0.1, 0.15) is 17.5 Å². The van der Waals surface area contributed by atoms with Crippen LogP contribution in [0, 0.1) is 0 Å². The molecule has 0 bridgehead atoms. The number of halogens is 2. The minimum Gasteiger partial charge on any atom is -0.461 e. The molecule has 0 spiro atoms. The molecule has 5 heteroatoms. The monoisotopic (exact) mass is 367 g/mol. The van der Waals surface area contributed by atoms with E-state index in [4.69, 9.17) is 22.1 Å². The van der Waals surface area contributed by atoms with Crippen LogP contribution in [0.25, 0.3) is 0 Å². The largest absolute Gasteiger partial charge is 0.461 e. The number of ether oxygens (including phenoxy) is 1. The van der Waals surface area contributed by atoms with E-state index < -0.39 is 0 Å². The van der Waals surface area contributed by atoms with Crippen molar-refractivity contribution >= 4 is 39.2 Å². The van der Waals surface area contributed by atoms with Gasteiger partial charge in [-0.2, -0.15) is 0 Å². The smallest absolute Gasteiger partial charge is 0.306 e. The average molecular weight is 369 g/mol. The maximum atomic E-state index is 11.7. The molecule has 21 heavy (non-hydrogen) atoms. The van der Waals surface area contributed by atoms with Gasteiger partial charge < -0.3 is 10.5 Å².